The van der Waals surface area contributed by atoms with E-state index in [2.05, 4.69) is 34.8 Å². The zero-order valence-corrected chi connectivity index (χ0v) is 19.7. The van der Waals surface area contributed by atoms with E-state index in [1.54, 1.807) is 0 Å². The monoisotopic (exact) mass is 455 g/mol. The van der Waals surface area contributed by atoms with Gasteiger partial charge in [0.05, 0.1) is 22.5 Å². The Hall–Kier alpha value is -4.57. The highest BCUT2D eigenvalue weighted by Gasteiger charge is 2.14. The van der Waals surface area contributed by atoms with Crippen LogP contribution in [0.1, 0.15) is 28.4 Å². The van der Waals surface area contributed by atoms with Crippen LogP contribution < -0.4 is 5.43 Å². The molecule has 5 rings (SSSR count). The number of nitrogens with one attached hydrogen (secondary N) is 1. The van der Waals surface area contributed by atoms with E-state index in [4.69, 9.17) is 4.98 Å². The van der Waals surface area contributed by atoms with E-state index in [-0.39, 0.29) is 5.91 Å². The lowest BCUT2D eigenvalue weighted by Gasteiger charge is -2.10. The number of para-hydroxylation sites is 1. The van der Waals surface area contributed by atoms with E-state index in [1.807, 2.05) is 98.8 Å². The second-order valence-electron chi connectivity index (χ2n) is 8.52. The molecule has 0 radical (unpaired) electrons. The number of carbonyl (C=O) groups excluding carboxylic acids is 1. The van der Waals surface area contributed by atoms with Gasteiger partial charge in [0.25, 0.3) is 5.91 Å². The molecule has 1 aromatic heterocycles. The smallest absolute Gasteiger partial charge is 0.267 e. The van der Waals surface area contributed by atoms with Crippen molar-refractivity contribution in [1.29, 1.82) is 0 Å². The van der Waals surface area contributed by atoms with Crippen molar-refractivity contribution in [3.05, 3.63) is 126 Å². The van der Waals surface area contributed by atoms with E-state index in [9.17, 15) is 4.79 Å². The molecule has 0 aliphatic heterocycles. The number of aromatic nitrogens is 1. The highest BCUT2D eigenvalue weighted by atomic mass is 16.2. The Bertz CT molecular complexity index is 1520. The quantitative estimate of drug-likeness (QED) is 0.228. The summed E-state index contributed by atoms with van der Waals surface area (Å²) >= 11 is 0. The fourth-order valence-electron chi connectivity index (χ4n) is 4.03. The van der Waals surface area contributed by atoms with E-state index in [0.29, 0.717) is 5.56 Å². The molecule has 0 bridgehead atoms. The van der Waals surface area contributed by atoms with Crippen molar-refractivity contribution in [2.75, 3.05) is 0 Å². The maximum Gasteiger partial charge on any atom is 0.272 e. The van der Waals surface area contributed by atoms with Crippen LogP contribution >= 0.6 is 0 Å². The van der Waals surface area contributed by atoms with Crippen LogP contribution in [0.15, 0.2) is 114 Å². The summed E-state index contributed by atoms with van der Waals surface area (Å²) in [4.78, 5) is 18.0. The van der Waals surface area contributed by atoms with Crippen molar-refractivity contribution in [2.24, 2.45) is 5.10 Å². The van der Waals surface area contributed by atoms with Gasteiger partial charge in [0, 0.05) is 10.9 Å². The number of hydrogen-bond acceptors (Lipinski definition) is 3. The van der Waals surface area contributed by atoms with Gasteiger partial charge in [0.2, 0.25) is 0 Å². The second-order valence-corrected chi connectivity index (χ2v) is 8.52. The minimum Gasteiger partial charge on any atom is -0.267 e. The standard InChI is InChI=1S/C31H25N3O/c1-21-12-14-26(15-13-21)30-20-28(27-10-6-7-11-29(27)32-30)31(35)34-33-22(2)23-16-18-25(19-17-23)24-8-4-3-5-9-24/h3-20H,1-2H3,(H,34,35). The molecule has 0 unspecified atom stereocenters. The van der Waals surface area contributed by atoms with Gasteiger partial charge in [0.1, 0.15) is 0 Å². The summed E-state index contributed by atoms with van der Waals surface area (Å²) < 4.78 is 0. The van der Waals surface area contributed by atoms with E-state index >= 15 is 0 Å². The first-order valence-electron chi connectivity index (χ1n) is 11.6. The van der Waals surface area contributed by atoms with E-state index in [1.165, 1.54) is 5.56 Å². The predicted molar refractivity (Wildman–Crippen MR) is 143 cm³/mol. The van der Waals surface area contributed by atoms with Crippen molar-refractivity contribution < 1.29 is 4.79 Å². The number of rotatable bonds is 5. The van der Waals surface area contributed by atoms with Crippen molar-refractivity contribution >= 4 is 22.5 Å². The second kappa shape index (κ2) is 9.74. The van der Waals surface area contributed by atoms with Gasteiger partial charge in [-0.05, 0) is 42.7 Å². The molecule has 1 amide bonds. The Kier molecular flexibility index (Phi) is 6.18. The summed E-state index contributed by atoms with van der Waals surface area (Å²) in [6.07, 6.45) is 0. The van der Waals surface area contributed by atoms with Crippen LogP contribution in [0.25, 0.3) is 33.3 Å². The van der Waals surface area contributed by atoms with Crippen LogP contribution in [0.3, 0.4) is 0 Å². The zero-order valence-electron chi connectivity index (χ0n) is 19.7. The lowest BCUT2D eigenvalue weighted by Crippen LogP contribution is -2.20. The minimum absolute atomic E-state index is 0.266. The molecule has 1 N–H and O–H groups in total. The third-order valence-corrected chi connectivity index (χ3v) is 6.04. The van der Waals surface area contributed by atoms with Gasteiger partial charge in [-0.1, -0.05) is 103 Å². The molecular weight excluding hydrogens is 430 g/mol. The molecule has 0 saturated carbocycles. The van der Waals surface area contributed by atoms with Crippen LogP contribution in [0.4, 0.5) is 0 Å². The molecule has 0 fully saturated rings. The van der Waals surface area contributed by atoms with Crippen LogP contribution in [-0.4, -0.2) is 16.6 Å². The summed E-state index contributed by atoms with van der Waals surface area (Å²) in [7, 11) is 0. The molecule has 1 heterocycles. The molecular formula is C31H25N3O. The number of hydrazone groups is 1. The van der Waals surface area contributed by atoms with Crippen LogP contribution in [0, 0.1) is 6.92 Å². The Morgan fingerprint density at radius 1 is 0.743 bits per heavy atom. The molecule has 0 aliphatic carbocycles. The van der Waals surface area contributed by atoms with Gasteiger partial charge in [-0.25, -0.2) is 10.4 Å². The third kappa shape index (κ3) is 4.87. The van der Waals surface area contributed by atoms with Gasteiger partial charge in [0.15, 0.2) is 0 Å². The summed E-state index contributed by atoms with van der Waals surface area (Å²) in [6.45, 7) is 3.94. The number of pyridine rings is 1. The Morgan fingerprint density at radius 3 is 2.11 bits per heavy atom. The first kappa shape index (κ1) is 22.2. The molecule has 170 valence electrons. The molecule has 4 nitrogen and oxygen atoms in total. The average Bonchev–Trinajstić information content (AvgIpc) is 2.92. The molecule has 4 aromatic carbocycles. The van der Waals surface area contributed by atoms with Crippen LogP contribution in [0.2, 0.25) is 0 Å². The first-order valence-corrected chi connectivity index (χ1v) is 11.6. The van der Waals surface area contributed by atoms with Gasteiger partial charge < -0.3 is 0 Å². The molecule has 0 saturated heterocycles. The van der Waals surface area contributed by atoms with Crippen LogP contribution in [0.5, 0.6) is 0 Å². The molecule has 4 heteroatoms. The van der Waals surface area contributed by atoms with Crippen molar-refractivity contribution in [2.45, 2.75) is 13.8 Å². The van der Waals surface area contributed by atoms with Crippen molar-refractivity contribution in [3.8, 4) is 22.4 Å². The number of nitrogens with zero attached hydrogens (tertiary/aromatic N) is 2. The number of carbonyl (C=O) groups is 1. The topological polar surface area (TPSA) is 54.4 Å². The fraction of sp³-hybridized carbons (Fsp3) is 0.0645. The number of aryl methyl sites for hydroxylation is 1. The minimum atomic E-state index is -0.266. The number of amides is 1. The van der Waals surface area contributed by atoms with Gasteiger partial charge >= 0.3 is 0 Å². The Labute approximate surface area is 205 Å². The molecule has 0 aliphatic rings. The summed E-state index contributed by atoms with van der Waals surface area (Å²) in [6, 6.07) is 36.0. The normalized spacial score (nSPS) is 11.4. The molecule has 35 heavy (non-hydrogen) atoms. The van der Waals surface area contributed by atoms with E-state index < -0.39 is 0 Å². The van der Waals surface area contributed by atoms with Gasteiger partial charge in [-0.15, -0.1) is 0 Å². The highest BCUT2D eigenvalue weighted by Crippen LogP contribution is 2.25. The highest BCUT2D eigenvalue weighted by molar-refractivity contribution is 6.08. The molecule has 0 spiro atoms. The average molecular weight is 456 g/mol. The van der Waals surface area contributed by atoms with Crippen molar-refractivity contribution in [3.63, 3.8) is 0 Å². The maximum atomic E-state index is 13.2. The maximum absolute atomic E-state index is 13.2. The third-order valence-electron chi connectivity index (χ3n) is 6.04. The molecule has 5 aromatic rings. The summed E-state index contributed by atoms with van der Waals surface area (Å²) in [5.74, 6) is -0.266. The Morgan fingerprint density at radius 2 is 1.37 bits per heavy atom. The van der Waals surface area contributed by atoms with Gasteiger partial charge in [-0.3, -0.25) is 4.79 Å². The number of fused-ring (bicyclic) bond motifs is 1. The summed E-state index contributed by atoms with van der Waals surface area (Å²) in [5, 5.41) is 5.18. The summed E-state index contributed by atoms with van der Waals surface area (Å²) in [5.41, 5.74) is 10.9. The van der Waals surface area contributed by atoms with E-state index in [0.717, 1.165) is 44.6 Å². The van der Waals surface area contributed by atoms with Crippen molar-refractivity contribution in [1.82, 2.24) is 10.4 Å². The first-order chi connectivity index (χ1) is 17.1. The SMILES string of the molecule is CC(=NNC(=O)c1cc(-c2ccc(C)cc2)nc2ccccc12)c1ccc(-c2ccccc2)cc1. The predicted octanol–water partition coefficient (Wildman–Crippen LogP) is 7.03. The zero-order chi connectivity index (χ0) is 24.2. The fourth-order valence-corrected chi connectivity index (χ4v) is 4.03. The lowest BCUT2D eigenvalue weighted by molar-refractivity contribution is 0.0956. The van der Waals surface area contributed by atoms with Gasteiger partial charge in [-0.2, -0.15) is 5.10 Å². The number of hydrogen-bond donors (Lipinski definition) is 1. The number of benzene rings is 4. The molecule has 0 atom stereocenters. The van der Waals surface area contributed by atoms with Crippen LogP contribution in [-0.2, 0) is 0 Å². The Balaban J connectivity index is 1.41. The lowest BCUT2D eigenvalue weighted by atomic mass is 10.0. The largest absolute Gasteiger partial charge is 0.272 e.